The summed E-state index contributed by atoms with van der Waals surface area (Å²) in [5.74, 6) is -0.632. The molecule has 0 saturated carbocycles. The smallest absolute Gasteiger partial charge is 0.291 e. The SMILES string of the molecule is O=C(NC1CCN(Cc2cn(-c3ccc(F)c(Br)c3)nn2)C1)c1nc(-c2cccs2)n(-c2cccc(F)c2)n1. The third kappa shape index (κ3) is 5.51. The molecule has 0 aliphatic carbocycles. The van der Waals surface area contributed by atoms with Crippen molar-refractivity contribution in [2.24, 2.45) is 0 Å². The Labute approximate surface area is 234 Å². The minimum absolute atomic E-state index is 0.0227. The van der Waals surface area contributed by atoms with Crippen molar-refractivity contribution >= 4 is 33.2 Å². The number of nitrogens with zero attached hydrogens (tertiary/aromatic N) is 7. The number of amides is 1. The molecule has 4 heterocycles. The lowest BCUT2D eigenvalue weighted by Crippen LogP contribution is -2.37. The van der Waals surface area contributed by atoms with E-state index in [9.17, 15) is 13.6 Å². The number of benzene rings is 2. The predicted octanol–water partition coefficient (Wildman–Crippen LogP) is 4.62. The fraction of sp³-hybridized carbons (Fsp3) is 0.192. The zero-order chi connectivity index (χ0) is 26.9. The van der Waals surface area contributed by atoms with Crippen molar-refractivity contribution in [1.82, 2.24) is 40.0 Å². The Morgan fingerprint density at radius 2 is 2.03 bits per heavy atom. The summed E-state index contributed by atoms with van der Waals surface area (Å²) in [5.41, 5.74) is 1.94. The highest BCUT2D eigenvalue weighted by Gasteiger charge is 2.27. The van der Waals surface area contributed by atoms with Crippen LogP contribution in [0.3, 0.4) is 0 Å². The molecular weight excluding hydrogens is 590 g/mol. The predicted molar refractivity (Wildman–Crippen MR) is 145 cm³/mol. The van der Waals surface area contributed by atoms with Crippen LogP contribution in [-0.4, -0.2) is 59.7 Å². The highest BCUT2D eigenvalue weighted by atomic mass is 79.9. The lowest BCUT2D eigenvalue weighted by molar-refractivity contribution is 0.0927. The molecule has 0 bridgehead atoms. The third-order valence-electron chi connectivity index (χ3n) is 6.31. The van der Waals surface area contributed by atoms with E-state index < -0.39 is 5.82 Å². The van der Waals surface area contributed by atoms with Gasteiger partial charge in [-0.2, -0.15) is 0 Å². The van der Waals surface area contributed by atoms with Gasteiger partial charge >= 0.3 is 0 Å². The van der Waals surface area contributed by atoms with Crippen molar-refractivity contribution in [1.29, 1.82) is 0 Å². The Kier molecular flexibility index (Phi) is 7.02. The van der Waals surface area contributed by atoms with E-state index >= 15 is 0 Å². The summed E-state index contributed by atoms with van der Waals surface area (Å²) in [7, 11) is 0. The van der Waals surface area contributed by atoms with Crippen LogP contribution < -0.4 is 5.32 Å². The molecule has 1 saturated heterocycles. The average Bonchev–Trinajstić information content (AvgIpc) is 3.73. The Morgan fingerprint density at radius 3 is 2.82 bits per heavy atom. The van der Waals surface area contributed by atoms with Gasteiger partial charge in [0, 0.05) is 25.7 Å². The second kappa shape index (κ2) is 10.8. The molecule has 1 aliphatic heterocycles. The van der Waals surface area contributed by atoms with Crippen LogP contribution in [0.25, 0.3) is 22.1 Å². The fourth-order valence-electron chi connectivity index (χ4n) is 4.46. The van der Waals surface area contributed by atoms with E-state index in [-0.39, 0.29) is 23.6 Å². The van der Waals surface area contributed by atoms with Gasteiger partial charge < -0.3 is 5.32 Å². The lowest BCUT2D eigenvalue weighted by atomic mass is 10.2. The van der Waals surface area contributed by atoms with E-state index in [1.807, 2.05) is 17.5 Å². The van der Waals surface area contributed by atoms with Gasteiger partial charge in [-0.3, -0.25) is 9.69 Å². The largest absolute Gasteiger partial charge is 0.345 e. The summed E-state index contributed by atoms with van der Waals surface area (Å²) in [6.07, 6.45) is 2.56. The number of halogens is 3. The Bertz CT molecular complexity index is 1640. The molecule has 1 atom stereocenters. The summed E-state index contributed by atoms with van der Waals surface area (Å²) >= 11 is 4.65. The van der Waals surface area contributed by atoms with E-state index in [2.05, 4.69) is 46.5 Å². The maximum Gasteiger partial charge on any atom is 0.291 e. The Morgan fingerprint density at radius 1 is 1.13 bits per heavy atom. The van der Waals surface area contributed by atoms with E-state index in [0.717, 1.165) is 23.5 Å². The van der Waals surface area contributed by atoms with Gasteiger partial charge in [-0.05, 0) is 70.2 Å². The number of carbonyl (C=O) groups is 1. The topological polar surface area (TPSA) is 93.8 Å². The van der Waals surface area contributed by atoms with Gasteiger partial charge in [0.25, 0.3) is 5.91 Å². The van der Waals surface area contributed by atoms with Crippen molar-refractivity contribution in [2.45, 2.75) is 19.0 Å². The molecule has 6 rings (SSSR count). The molecular formula is C26H21BrF2N8OS. The third-order valence-corrected chi connectivity index (χ3v) is 7.78. The lowest BCUT2D eigenvalue weighted by Gasteiger charge is -2.14. The molecule has 3 aromatic heterocycles. The number of likely N-dealkylation sites (tertiary alicyclic amines) is 1. The molecule has 1 unspecified atom stereocenters. The van der Waals surface area contributed by atoms with Crippen molar-refractivity contribution < 1.29 is 13.6 Å². The normalized spacial score (nSPS) is 15.6. The first-order chi connectivity index (χ1) is 18.9. The van der Waals surface area contributed by atoms with Gasteiger partial charge in [0.15, 0.2) is 5.82 Å². The molecule has 1 fully saturated rings. The molecule has 198 valence electrons. The van der Waals surface area contributed by atoms with E-state index in [1.54, 1.807) is 35.1 Å². The summed E-state index contributed by atoms with van der Waals surface area (Å²) < 4.78 is 30.9. The summed E-state index contributed by atoms with van der Waals surface area (Å²) in [4.78, 5) is 20.6. The van der Waals surface area contributed by atoms with Crippen LogP contribution in [0.2, 0.25) is 0 Å². The molecule has 1 aliphatic rings. The number of hydrogen-bond donors (Lipinski definition) is 1. The molecule has 0 spiro atoms. The first kappa shape index (κ1) is 25.5. The fourth-order valence-corrected chi connectivity index (χ4v) is 5.52. The Hall–Kier alpha value is -3.81. The van der Waals surface area contributed by atoms with Crippen molar-refractivity contribution in [3.05, 3.63) is 93.8 Å². The molecule has 5 aromatic rings. The van der Waals surface area contributed by atoms with Crippen molar-refractivity contribution in [2.75, 3.05) is 13.1 Å². The molecule has 0 radical (unpaired) electrons. The summed E-state index contributed by atoms with van der Waals surface area (Å²) in [6, 6.07) is 14.3. The van der Waals surface area contributed by atoms with E-state index in [1.165, 1.54) is 34.2 Å². The standard InChI is InChI=1S/C26H21BrF2N8OS/c27-21-12-19(6-7-22(21)29)36-15-18(32-34-36)14-35-9-8-17(13-35)30-26(38)24-31-25(23-5-2-10-39-23)37(33-24)20-4-1-3-16(28)11-20/h1-7,10-12,15,17H,8-9,13-14H2,(H,30,38). The van der Waals surface area contributed by atoms with E-state index in [4.69, 9.17) is 0 Å². The van der Waals surface area contributed by atoms with Gasteiger partial charge in [-0.15, -0.1) is 21.5 Å². The molecule has 39 heavy (non-hydrogen) atoms. The number of carbonyl (C=O) groups excluding carboxylic acids is 1. The van der Waals surface area contributed by atoms with Gasteiger partial charge in [0.2, 0.25) is 5.82 Å². The monoisotopic (exact) mass is 610 g/mol. The summed E-state index contributed by atoms with van der Waals surface area (Å²) in [6.45, 7) is 1.96. The first-order valence-electron chi connectivity index (χ1n) is 12.1. The number of rotatable bonds is 7. The Balaban J connectivity index is 1.12. The number of hydrogen-bond acceptors (Lipinski definition) is 7. The van der Waals surface area contributed by atoms with Gasteiger partial charge in [0.1, 0.15) is 11.6 Å². The first-order valence-corrected chi connectivity index (χ1v) is 13.8. The van der Waals surface area contributed by atoms with Crippen molar-refractivity contribution in [3.63, 3.8) is 0 Å². The number of aromatic nitrogens is 6. The zero-order valence-electron chi connectivity index (χ0n) is 20.3. The van der Waals surface area contributed by atoms with Crippen molar-refractivity contribution in [3.8, 4) is 22.1 Å². The van der Waals surface area contributed by atoms with Gasteiger partial charge in [0.05, 0.1) is 32.6 Å². The molecule has 9 nitrogen and oxygen atoms in total. The van der Waals surface area contributed by atoms with Crippen LogP contribution in [-0.2, 0) is 6.54 Å². The van der Waals surface area contributed by atoms with Crippen LogP contribution >= 0.6 is 27.3 Å². The van der Waals surface area contributed by atoms with Gasteiger partial charge in [-0.1, -0.05) is 17.3 Å². The average molecular weight is 611 g/mol. The van der Waals surface area contributed by atoms with Crippen LogP contribution in [0, 0.1) is 11.6 Å². The maximum atomic E-state index is 13.9. The second-order valence-electron chi connectivity index (χ2n) is 9.08. The number of nitrogens with one attached hydrogen (secondary N) is 1. The highest BCUT2D eigenvalue weighted by Crippen LogP contribution is 2.26. The minimum Gasteiger partial charge on any atom is -0.345 e. The molecule has 13 heteroatoms. The molecule has 1 N–H and O–H groups in total. The highest BCUT2D eigenvalue weighted by molar-refractivity contribution is 9.10. The minimum atomic E-state index is -0.400. The van der Waals surface area contributed by atoms with Crippen LogP contribution in [0.4, 0.5) is 8.78 Å². The van der Waals surface area contributed by atoms with Gasteiger partial charge in [-0.25, -0.2) is 23.1 Å². The maximum absolute atomic E-state index is 13.9. The van der Waals surface area contributed by atoms with Crippen LogP contribution in [0.1, 0.15) is 22.7 Å². The van der Waals surface area contributed by atoms with Crippen LogP contribution in [0.15, 0.2) is 70.6 Å². The summed E-state index contributed by atoms with van der Waals surface area (Å²) in [5, 5.41) is 17.8. The molecule has 1 amide bonds. The van der Waals surface area contributed by atoms with E-state index in [0.29, 0.717) is 34.8 Å². The zero-order valence-corrected chi connectivity index (χ0v) is 22.7. The van der Waals surface area contributed by atoms with Crippen LogP contribution in [0.5, 0.6) is 0 Å². The molecule has 2 aromatic carbocycles. The quantitative estimate of drug-likeness (QED) is 0.289. The number of thiophene rings is 1. The second-order valence-corrected chi connectivity index (χ2v) is 10.9.